The molecule has 0 aliphatic rings. The molecule has 0 radical (unpaired) electrons. The number of hydrogen-bond donors (Lipinski definition) is 2. The number of aliphatic carboxylic acids is 1. The predicted octanol–water partition coefficient (Wildman–Crippen LogP) is 2.54. The molecular formula is C12H14F3NO3. The standard InChI is InChI=1S/C10H13NO.C2HF3O2/c1-7(2)8-5-3-4-6-9(8)10(11)12;3-2(4,5)1(6)7/h3-7H,1-2H3,(H2,11,12);(H,6,7). The molecule has 1 amide bonds. The van der Waals surface area contributed by atoms with Gasteiger partial charge in [0.2, 0.25) is 5.91 Å². The predicted molar refractivity (Wildman–Crippen MR) is 62.7 cm³/mol. The average molecular weight is 277 g/mol. The second-order valence-corrected chi connectivity index (χ2v) is 3.91. The number of benzene rings is 1. The number of halogens is 3. The van der Waals surface area contributed by atoms with E-state index in [1.54, 1.807) is 6.07 Å². The average Bonchev–Trinajstić information content (AvgIpc) is 2.28. The summed E-state index contributed by atoms with van der Waals surface area (Å²) in [5.74, 6) is -2.76. The van der Waals surface area contributed by atoms with E-state index in [4.69, 9.17) is 15.6 Å². The lowest BCUT2D eigenvalue weighted by atomic mass is 9.97. The topological polar surface area (TPSA) is 80.4 Å². The summed E-state index contributed by atoms with van der Waals surface area (Å²) in [6.07, 6.45) is -5.08. The van der Waals surface area contributed by atoms with Crippen LogP contribution in [0.4, 0.5) is 13.2 Å². The van der Waals surface area contributed by atoms with Crippen LogP contribution in [-0.2, 0) is 4.79 Å². The van der Waals surface area contributed by atoms with Crippen LogP contribution in [0.15, 0.2) is 24.3 Å². The number of carboxylic acid groups (broad SMARTS) is 1. The fourth-order valence-corrected chi connectivity index (χ4v) is 1.22. The van der Waals surface area contributed by atoms with Crippen LogP contribution in [0.1, 0.15) is 35.7 Å². The highest BCUT2D eigenvalue weighted by Crippen LogP contribution is 2.18. The van der Waals surface area contributed by atoms with Crippen molar-refractivity contribution in [3.05, 3.63) is 35.4 Å². The zero-order valence-electron chi connectivity index (χ0n) is 10.4. The minimum absolute atomic E-state index is 0.341. The summed E-state index contributed by atoms with van der Waals surface area (Å²) >= 11 is 0. The zero-order chi connectivity index (χ0) is 15.2. The summed E-state index contributed by atoms with van der Waals surface area (Å²) in [6, 6.07) is 7.44. The van der Waals surface area contributed by atoms with Crippen LogP contribution in [0.2, 0.25) is 0 Å². The molecule has 0 heterocycles. The molecule has 1 rings (SSSR count). The smallest absolute Gasteiger partial charge is 0.475 e. The molecule has 1 aromatic carbocycles. The fourth-order valence-electron chi connectivity index (χ4n) is 1.22. The molecule has 0 bridgehead atoms. The van der Waals surface area contributed by atoms with E-state index in [1.807, 2.05) is 32.0 Å². The van der Waals surface area contributed by atoms with E-state index in [1.165, 1.54) is 0 Å². The maximum absolute atomic E-state index is 10.9. The Hall–Kier alpha value is -2.05. The van der Waals surface area contributed by atoms with Gasteiger partial charge in [-0.3, -0.25) is 4.79 Å². The van der Waals surface area contributed by atoms with Crippen LogP contribution in [0.25, 0.3) is 0 Å². The molecule has 0 spiro atoms. The van der Waals surface area contributed by atoms with Gasteiger partial charge in [0.15, 0.2) is 0 Å². The SMILES string of the molecule is CC(C)c1ccccc1C(N)=O.O=C(O)C(F)(F)F. The first-order chi connectivity index (χ1) is 8.57. The molecule has 0 saturated heterocycles. The van der Waals surface area contributed by atoms with Gasteiger partial charge in [-0.1, -0.05) is 32.0 Å². The number of amides is 1. The minimum atomic E-state index is -5.08. The zero-order valence-corrected chi connectivity index (χ0v) is 10.4. The highest BCUT2D eigenvalue weighted by atomic mass is 19.4. The Kier molecular flexibility index (Phi) is 6.04. The minimum Gasteiger partial charge on any atom is -0.475 e. The van der Waals surface area contributed by atoms with Gasteiger partial charge < -0.3 is 10.8 Å². The van der Waals surface area contributed by atoms with Gasteiger partial charge in [0.1, 0.15) is 0 Å². The number of nitrogens with two attached hydrogens (primary N) is 1. The Morgan fingerprint density at radius 3 is 1.89 bits per heavy atom. The molecule has 19 heavy (non-hydrogen) atoms. The van der Waals surface area contributed by atoms with Crippen LogP contribution in [-0.4, -0.2) is 23.2 Å². The number of carbonyl (C=O) groups is 2. The van der Waals surface area contributed by atoms with Gasteiger partial charge in [-0.25, -0.2) is 4.79 Å². The van der Waals surface area contributed by atoms with Crippen LogP contribution >= 0.6 is 0 Å². The van der Waals surface area contributed by atoms with Crippen LogP contribution in [0.3, 0.4) is 0 Å². The third kappa shape index (κ3) is 5.89. The maximum atomic E-state index is 10.9. The molecule has 0 saturated carbocycles. The van der Waals surface area contributed by atoms with Gasteiger partial charge in [0, 0.05) is 5.56 Å². The summed E-state index contributed by atoms with van der Waals surface area (Å²) in [5, 5.41) is 7.12. The summed E-state index contributed by atoms with van der Waals surface area (Å²) in [5.41, 5.74) is 6.86. The van der Waals surface area contributed by atoms with Crippen LogP contribution in [0, 0.1) is 0 Å². The van der Waals surface area contributed by atoms with Crippen molar-refractivity contribution in [2.24, 2.45) is 5.73 Å². The molecule has 0 unspecified atom stereocenters. The Morgan fingerprint density at radius 1 is 1.21 bits per heavy atom. The third-order valence-electron chi connectivity index (χ3n) is 2.09. The van der Waals surface area contributed by atoms with E-state index in [2.05, 4.69) is 0 Å². The molecule has 0 fully saturated rings. The van der Waals surface area contributed by atoms with E-state index in [9.17, 15) is 18.0 Å². The second kappa shape index (κ2) is 6.77. The van der Waals surface area contributed by atoms with Crippen molar-refractivity contribution in [1.29, 1.82) is 0 Å². The Bertz CT molecular complexity index is 456. The van der Waals surface area contributed by atoms with Crippen molar-refractivity contribution in [1.82, 2.24) is 0 Å². The highest BCUT2D eigenvalue weighted by Gasteiger charge is 2.38. The quantitative estimate of drug-likeness (QED) is 0.871. The number of primary amides is 1. The maximum Gasteiger partial charge on any atom is 0.490 e. The molecule has 4 nitrogen and oxygen atoms in total. The van der Waals surface area contributed by atoms with E-state index >= 15 is 0 Å². The van der Waals surface area contributed by atoms with Crippen LogP contribution < -0.4 is 5.73 Å². The van der Waals surface area contributed by atoms with Crippen molar-refractivity contribution in [2.45, 2.75) is 25.9 Å². The van der Waals surface area contributed by atoms with Gasteiger partial charge in [-0.05, 0) is 17.5 Å². The first kappa shape index (κ1) is 16.9. The van der Waals surface area contributed by atoms with Crippen molar-refractivity contribution >= 4 is 11.9 Å². The van der Waals surface area contributed by atoms with Gasteiger partial charge >= 0.3 is 12.1 Å². The molecule has 7 heteroatoms. The fraction of sp³-hybridized carbons (Fsp3) is 0.333. The summed E-state index contributed by atoms with van der Waals surface area (Å²) in [4.78, 5) is 19.8. The van der Waals surface area contributed by atoms with E-state index in [0.717, 1.165) is 5.56 Å². The van der Waals surface area contributed by atoms with Crippen LogP contribution in [0.5, 0.6) is 0 Å². The monoisotopic (exact) mass is 277 g/mol. The van der Waals surface area contributed by atoms with Gasteiger partial charge in [0.05, 0.1) is 0 Å². The molecule has 1 aromatic rings. The van der Waals surface area contributed by atoms with E-state index in [0.29, 0.717) is 11.5 Å². The van der Waals surface area contributed by atoms with Crippen molar-refractivity contribution in [2.75, 3.05) is 0 Å². The van der Waals surface area contributed by atoms with Gasteiger partial charge in [-0.2, -0.15) is 13.2 Å². The number of rotatable bonds is 2. The van der Waals surface area contributed by atoms with E-state index in [-0.39, 0.29) is 5.91 Å². The summed E-state index contributed by atoms with van der Waals surface area (Å²) < 4.78 is 31.7. The molecule has 0 atom stereocenters. The number of hydrogen-bond acceptors (Lipinski definition) is 2. The molecule has 3 N–H and O–H groups in total. The summed E-state index contributed by atoms with van der Waals surface area (Å²) in [6.45, 7) is 4.09. The van der Waals surface area contributed by atoms with Crippen molar-refractivity contribution in [3.63, 3.8) is 0 Å². The molecule has 0 aliphatic heterocycles. The van der Waals surface area contributed by atoms with E-state index < -0.39 is 12.1 Å². The van der Waals surface area contributed by atoms with Crippen molar-refractivity contribution < 1.29 is 27.9 Å². The molecular weight excluding hydrogens is 263 g/mol. The largest absolute Gasteiger partial charge is 0.490 e. The first-order valence-electron chi connectivity index (χ1n) is 5.26. The highest BCUT2D eigenvalue weighted by molar-refractivity contribution is 5.94. The molecule has 0 aromatic heterocycles. The first-order valence-corrected chi connectivity index (χ1v) is 5.26. The number of alkyl halides is 3. The molecule has 0 aliphatic carbocycles. The number of carbonyl (C=O) groups excluding carboxylic acids is 1. The lowest BCUT2D eigenvalue weighted by Gasteiger charge is -2.08. The molecule has 106 valence electrons. The Balaban J connectivity index is 0.000000399. The lowest BCUT2D eigenvalue weighted by Crippen LogP contribution is -2.21. The second-order valence-electron chi connectivity index (χ2n) is 3.91. The third-order valence-corrected chi connectivity index (χ3v) is 2.09. The Labute approximate surface area is 108 Å². The lowest BCUT2D eigenvalue weighted by molar-refractivity contribution is -0.192. The normalized spacial score (nSPS) is 10.6. The number of carboxylic acids is 1. The van der Waals surface area contributed by atoms with Gasteiger partial charge in [0.25, 0.3) is 0 Å². The van der Waals surface area contributed by atoms with Crippen molar-refractivity contribution in [3.8, 4) is 0 Å². The van der Waals surface area contributed by atoms with Gasteiger partial charge in [-0.15, -0.1) is 0 Å². The Morgan fingerprint density at radius 2 is 1.63 bits per heavy atom. The summed E-state index contributed by atoms with van der Waals surface area (Å²) in [7, 11) is 0.